The molecule has 2 aromatic carbocycles. The van der Waals surface area contributed by atoms with Crippen LogP contribution in [-0.4, -0.2) is 0 Å². The van der Waals surface area contributed by atoms with Crippen LogP contribution in [-0.2, 0) is 6.18 Å². The number of halogens is 5. The maximum absolute atomic E-state index is 13.1. The number of nitriles is 1. The van der Waals surface area contributed by atoms with E-state index in [0.717, 1.165) is 24.3 Å². The Bertz CT molecular complexity index is 716. The molecular weight excluding hydrogens is 291 g/mol. The molecule has 0 saturated heterocycles. The molecule has 0 fully saturated rings. The van der Waals surface area contributed by atoms with Gasteiger partial charge in [0, 0.05) is 11.8 Å². The zero-order valence-corrected chi connectivity index (χ0v) is 10.3. The van der Waals surface area contributed by atoms with E-state index < -0.39 is 23.4 Å². The Balaban J connectivity index is 2.36. The average molecular weight is 298 g/mol. The van der Waals surface area contributed by atoms with Crippen LogP contribution in [0.2, 0.25) is 0 Å². The third-order valence-corrected chi connectivity index (χ3v) is 2.67. The number of hydrogen-bond acceptors (Lipinski definition) is 2. The Morgan fingerprint density at radius 3 is 2.24 bits per heavy atom. The number of hydrogen-bond donors (Lipinski definition) is 1. The van der Waals surface area contributed by atoms with E-state index in [-0.39, 0.29) is 16.9 Å². The summed E-state index contributed by atoms with van der Waals surface area (Å²) in [7, 11) is 0. The van der Waals surface area contributed by atoms with Crippen LogP contribution in [0.4, 0.5) is 33.3 Å². The zero-order valence-electron chi connectivity index (χ0n) is 10.3. The molecule has 0 spiro atoms. The molecule has 0 aliphatic heterocycles. The van der Waals surface area contributed by atoms with Gasteiger partial charge in [-0.3, -0.25) is 0 Å². The molecule has 0 aliphatic carbocycles. The van der Waals surface area contributed by atoms with E-state index in [1.54, 1.807) is 6.07 Å². The van der Waals surface area contributed by atoms with Gasteiger partial charge in [-0.05, 0) is 30.3 Å². The molecule has 2 rings (SSSR count). The fourth-order valence-electron chi connectivity index (χ4n) is 1.65. The number of nitrogens with zero attached hydrogens (tertiary/aromatic N) is 1. The first-order valence-electron chi connectivity index (χ1n) is 5.64. The van der Waals surface area contributed by atoms with E-state index in [1.165, 1.54) is 6.07 Å². The van der Waals surface area contributed by atoms with Gasteiger partial charge in [0.05, 0.1) is 16.8 Å². The lowest BCUT2D eigenvalue weighted by atomic mass is 10.1. The van der Waals surface area contributed by atoms with Crippen LogP contribution in [0.25, 0.3) is 0 Å². The molecule has 1 N–H and O–H groups in total. The molecule has 108 valence electrons. The fraction of sp³-hybridized carbons (Fsp3) is 0.0714. The first kappa shape index (κ1) is 14.8. The molecule has 2 aromatic rings. The standard InChI is InChI=1S/C14H7F5N2/c15-11-3-2-10(6-12(11)16)21-13-4-1-9(14(17,18)19)5-8(13)7-20/h1-6,21H. The lowest BCUT2D eigenvalue weighted by Crippen LogP contribution is -2.06. The van der Waals surface area contributed by atoms with Crippen LogP contribution < -0.4 is 5.32 Å². The summed E-state index contributed by atoms with van der Waals surface area (Å²) in [6.45, 7) is 0. The Labute approximate surface area is 116 Å². The van der Waals surface area contributed by atoms with E-state index in [2.05, 4.69) is 5.32 Å². The van der Waals surface area contributed by atoms with Crippen molar-refractivity contribution in [3.63, 3.8) is 0 Å². The predicted molar refractivity (Wildman–Crippen MR) is 65.8 cm³/mol. The summed E-state index contributed by atoms with van der Waals surface area (Å²) in [5.41, 5.74) is -1.04. The van der Waals surface area contributed by atoms with Gasteiger partial charge in [-0.1, -0.05) is 0 Å². The summed E-state index contributed by atoms with van der Waals surface area (Å²) in [5.74, 6) is -2.15. The smallest absolute Gasteiger partial charge is 0.354 e. The topological polar surface area (TPSA) is 35.8 Å². The van der Waals surface area contributed by atoms with Gasteiger partial charge in [0.15, 0.2) is 11.6 Å². The lowest BCUT2D eigenvalue weighted by molar-refractivity contribution is -0.137. The lowest BCUT2D eigenvalue weighted by Gasteiger charge is -2.11. The highest BCUT2D eigenvalue weighted by molar-refractivity contribution is 5.67. The molecule has 0 saturated carbocycles. The summed E-state index contributed by atoms with van der Waals surface area (Å²) in [6, 6.07) is 7.08. The van der Waals surface area contributed by atoms with Gasteiger partial charge in [-0.2, -0.15) is 18.4 Å². The summed E-state index contributed by atoms with van der Waals surface area (Å²) in [5, 5.41) is 11.5. The number of alkyl halides is 3. The van der Waals surface area contributed by atoms with Crippen LogP contribution in [0.1, 0.15) is 11.1 Å². The summed E-state index contributed by atoms with van der Waals surface area (Å²) < 4.78 is 63.5. The van der Waals surface area contributed by atoms with Gasteiger partial charge in [0.1, 0.15) is 6.07 Å². The molecule has 0 bridgehead atoms. The van der Waals surface area contributed by atoms with E-state index in [1.807, 2.05) is 0 Å². The molecule has 0 aromatic heterocycles. The largest absolute Gasteiger partial charge is 0.416 e. The number of anilines is 2. The SMILES string of the molecule is N#Cc1cc(C(F)(F)F)ccc1Nc1ccc(F)c(F)c1. The monoisotopic (exact) mass is 298 g/mol. The van der Waals surface area contributed by atoms with E-state index in [9.17, 15) is 22.0 Å². The zero-order chi connectivity index (χ0) is 15.6. The minimum absolute atomic E-state index is 0.0662. The Morgan fingerprint density at radius 2 is 1.67 bits per heavy atom. The van der Waals surface area contributed by atoms with Crippen LogP contribution in [0.15, 0.2) is 36.4 Å². The van der Waals surface area contributed by atoms with Crippen LogP contribution in [0.3, 0.4) is 0 Å². The summed E-state index contributed by atoms with van der Waals surface area (Å²) in [4.78, 5) is 0. The number of rotatable bonds is 2. The van der Waals surface area contributed by atoms with Crippen molar-refractivity contribution in [2.75, 3.05) is 5.32 Å². The van der Waals surface area contributed by atoms with Crippen LogP contribution >= 0.6 is 0 Å². The second kappa shape index (κ2) is 5.40. The van der Waals surface area contributed by atoms with Gasteiger partial charge in [0.2, 0.25) is 0 Å². The van der Waals surface area contributed by atoms with Gasteiger partial charge in [-0.15, -0.1) is 0 Å². The van der Waals surface area contributed by atoms with E-state index >= 15 is 0 Å². The first-order valence-corrected chi connectivity index (χ1v) is 5.64. The third kappa shape index (κ3) is 3.28. The van der Waals surface area contributed by atoms with Crippen molar-refractivity contribution in [1.82, 2.24) is 0 Å². The molecule has 0 heterocycles. The molecule has 0 atom stereocenters. The summed E-state index contributed by atoms with van der Waals surface area (Å²) >= 11 is 0. The van der Waals surface area contributed by atoms with Crippen molar-refractivity contribution in [1.29, 1.82) is 5.26 Å². The Kier molecular flexibility index (Phi) is 3.80. The molecule has 2 nitrogen and oxygen atoms in total. The van der Waals surface area contributed by atoms with Gasteiger partial charge < -0.3 is 5.32 Å². The normalized spacial score (nSPS) is 11.0. The highest BCUT2D eigenvalue weighted by Crippen LogP contribution is 2.32. The van der Waals surface area contributed by atoms with Crippen molar-refractivity contribution in [2.24, 2.45) is 0 Å². The van der Waals surface area contributed by atoms with Crippen molar-refractivity contribution < 1.29 is 22.0 Å². The van der Waals surface area contributed by atoms with Crippen molar-refractivity contribution in [3.05, 3.63) is 59.2 Å². The van der Waals surface area contributed by atoms with Crippen LogP contribution in [0.5, 0.6) is 0 Å². The second-order valence-corrected chi connectivity index (χ2v) is 4.12. The highest BCUT2D eigenvalue weighted by Gasteiger charge is 2.31. The molecule has 0 aliphatic rings. The average Bonchev–Trinajstić information content (AvgIpc) is 2.42. The molecule has 0 amide bonds. The molecule has 0 unspecified atom stereocenters. The van der Waals surface area contributed by atoms with Crippen molar-refractivity contribution in [3.8, 4) is 6.07 Å². The summed E-state index contributed by atoms with van der Waals surface area (Å²) in [6.07, 6.45) is -4.56. The third-order valence-electron chi connectivity index (χ3n) is 2.67. The minimum Gasteiger partial charge on any atom is -0.354 e. The first-order chi connectivity index (χ1) is 9.81. The molecular formula is C14H7F5N2. The van der Waals surface area contributed by atoms with E-state index in [0.29, 0.717) is 6.07 Å². The maximum atomic E-state index is 13.1. The predicted octanol–water partition coefficient (Wildman–Crippen LogP) is 4.60. The molecule has 21 heavy (non-hydrogen) atoms. The molecule has 0 radical (unpaired) electrons. The van der Waals surface area contributed by atoms with Crippen molar-refractivity contribution in [2.45, 2.75) is 6.18 Å². The Morgan fingerprint density at radius 1 is 0.952 bits per heavy atom. The number of benzene rings is 2. The quantitative estimate of drug-likeness (QED) is 0.822. The van der Waals surface area contributed by atoms with Gasteiger partial charge in [0.25, 0.3) is 0 Å². The molecule has 7 heteroatoms. The minimum atomic E-state index is -4.56. The van der Waals surface area contributed by atoms with E-state index in [4.69, 9.17) is 5.26 Å². The Hall–Kier alpha value is -2.62. The maximum Gasteiger partial charge on any atom is 0.416 e. The van der Waals surface area contributed by atoms with Crippen molar-refractivity contribution >= 4 is 11.4 Å². The van der Waals surface area contributed by atoms with Crippen LogP contribution in [0, 0.1) is 23.0 Å². The second-order valence-electron chi connectivity index (χ2n) is 4.12. The van der Waals surface area contributed by atoms with Gasteiger partial charge >= 0.3 is 6.18 Å². The van der Waals surface area contributed by atoms with Gasteiger partial charge in [-0.25, -0.2) is 8.78 Å². The number of nitrogens with one attached hydrogen (secondary N) is 1. The fourth-order valence-corrected chi connectivity index (χ4v) is 1.65. The highest BCUT2D eigenvalue weighted by atomic mass is 19.4.